The Morgan fingerprint density at radius 3 is 2.88 bits per heavy atom. The normalized spacial score (nSPS) is 11.9. The Hall–Kier alpha value is -2.74. The van der Waals surface area contributed by atoms with E-state index in [-0.39, 0.29) is 12.1 Å². The standard InChI is InChI=1S/C16H18N6OS/c1-21(10-15-18-7-8-24-15)16(23)20-14(9-22-12-17-11-19-22)13-5-3-2-4-6-13/h2-8,11-12,14H,9-10H2,1H3,(H,20,23)/t14-/m1/s1. The number of amides is 2. The highest BCUT2D eigenvalue weighted by Crippen LogP contribution is 2.15. The average molecular weight is 342 g/mol. The summed E-state index contributed by atoms with van der Waals surface area (Å²) in [6, 6.07) is 9.49. The first-order valence-corrected chi connectivity index (χ1v) is 8.37. The van der Waals surface area contributed by atoms with E-state index in [9.17, 15) is 4.79 Å². The van der Waals surface area contributed by atoms with E-state index in [1.54, 1.807) is 29.2 Å². The van der Waals surface area contributed by atoms with Crippen LogP contribution in [0.1, 0.15) is 16.6 Å². The molecule has 7 nitrogen and oxygen atoms in total. The summed E-state index contributed by atoms with van der Waals surface area (Å²) in [4.78, 5) is 22.3. The molecule has 24 heavy (non-hydrogen) atoms. The van der Waals surface area contributed by atoms with Crippen LogP contribution >= 0.6 is 11.3 Å². The number of hydrogen-bond donors (Lipinski definition) is 1. The minimum atomic E-state index is -0.195. The van der Waals surface area contributed by atoms with Gasteiger partial charge in [0, 0.05) is 18.6 Å². The van der Waals surface area contributed by atoms with Crippen LogP contribution in [0, 0.1) is 0 Å². The SMILES string of the molecule is CN(Cc1nccs1)C(=O)N[C@H](Cn1cncn1)c1ccccc1. The lowest BCUT2D eigenvalue weighted by Gasteiger charge is -2.23. The van der Waals surface area contributed by atoms with Crippen molar-refractivity contribution in [3.8, 4) is 0 Å². The van der Waals surface area contributed by atoms with E-state index in [1.165, 1.54) is 17.7 Å². The third-order valence-corrected chi connectivity index (χ3v) is 4.30. The molecule has 3 rings (SSSR count). The van der Waals surface area contributed by atoms with E-state index >= 15 is 0 Å². The molecule has 0 aliphatic carbocycles. The Morgan fingerprint density at radius 1 is 1.38 bits per heavy atom. The van der Waals surface area contributed by atoms with Crippen molar-refractivity contribution in [1.82, 2.24) is 30.0 Å². The van der Waals surface area contributed by atoms with Gasteiger partial charge in [-0.1, -0.05) is 30.3 Å². The molecule has 8 heteroatoms. The van der Waals surface area contributed by atoms with Crippen LogP contribution in [0.4, 0.5) is 4.79 Å². The second-order valence-electron chi connectivity index (χ2n) is 5.31. The van der Waals surface area contributed by atoms with E-state index in [1.807, 2.05) is 35.7 Å². The maximum Gasteiger partial charge on any atom is 0.318 e. The monoisotopic (exact) mass is 342 g/mol. The number of hydrogen-bond acceptors (Lipinski definition) is 5. The van der Waals surface area contributed by atoms with Crippen molar-refractivity contribution in [2.24, 2.45) is 0 Å². The summed E-state index contributed by atoms with van der Waals surface area (Å²) in [6.45, 7) is 0.995. The first kappa shape index (κ1) is 16.1. The van der Waals surface area contributed by atoms with Crippen molar-refractivity contribution in [3.63, 3.8) is 0 Å². The van der Waals surface area contributed by atoms with Gasteiger partial charge in [0.25, 0.3) is 0 Å². The van der Waals surface area contributed by atoms with Crippen molar-refractivity contribution in [1.29, 1.82) is 0 Å². The second-order valence-corrected chi connectivity index (χ2v) is 6.29. The average Bonchev–Trinajstić information content (AvgIpc) is 3.29. The highest BCUT2D eigenvalue weighted by molar-refractivity contribution is 7.09. The number of thiazole rings is 1. The molecule has 1 atom stereocenters. The van der Waals surface area contributed by atoms with Gasteiger partial charge in [0.1, 0.15) is 17.7 Å². The van der Waals surface area contributed by atoms with Crippen LogP contribution < -0.4 is 5.32 Å². The molecule has 0 aliphatic heterocycles. The van der Waals surface area contributed by atoms with Crippen molar-refractivity contribution < 1.29 is 4.79 Å². The third-order valence-electron chi connectivity index (χ3n) is 3.54. The Balaban J connectivity index is 1.69. The van der Waals surface area contributed by atoms with Crippen molar-refractivity contribution in [2.45, 2.75) is 19.1 Å². The zero-order valence-electron chi connectivity index (χ0n) is 13.2. The fourth-order valence-electron chi connectivity index (χ4n) is 2.30. The molecule has 2 heterocycles. The van der Waals surface area contributed by atoms with E-state index < -0.39 is 0 Å². The smallest absolute Gasteiger partial charge is 0.318 e. The molecule has 0 bridgehead atoms. The highest BCUT2D eigenvalue weighted by atomic mass is 32.1. The second kappa shape index (κ2) is 7.69. The molecule has 1 N–H and O–H groups in total. The summed E-state index contributed by atoms with van der Waals surface area (Å²) >= 11 is 1.53. The molecule has 2 amide bonds. The molecule has 0 radical (unpaired) electrons. The first-order valence-electron chi connectivity index (χ1n) is 7.49. The quantitative estimate of drug-likeness (QED) is 0.746. The Labute approximate surface area is 144 Å². The number of nitrogens with one attached hydrogen (secondary N) is 1. The summed E-state index contributed by atoms with van der Waals surface area (Å²) in [5.41, 5.74) is 1.02. The van der Waals surface area contributed by atoms with Crippen LogP contribution in [0.3, 0.4) is 0 Å². The van der Waals surface area contributed by atoms with Crippen molar-refractivity contribution >= 4 is 17.4 Å². The zero-order valence-corrected chi connectivity index (χ0v) is 14.1. The van der Waals surface area contributed by atoms with E-state index in [0.717, 1.165) is 10.6 Å². The van der Waals surface area contributed by atoms with Gasteiger partial charge >= 0.3 is 6.03 Å². The molecule has 0 unspecified atom stereocenters. The van der Waals surface area contributed by atoms with Gasteiger partial charge in [0.05, 0.1) is 19.1 Å². The maximum atomic E-state index is 12.5. The molecule has 0 saturated carbocycles. The van der Waals surface area contributed by atoms with Crippen molar-refractivity contribution in [2.75, 3.05) is 7.05 Å². The summed E-state index contributed by atoms with van der Waals surface area (Å²) in [6.07, 6.45) is 4.86. The van der Waals surface area contributed by atoms with Gasteiger partial charge in [0.2, 0.25) is 0 Å². The summed E-state index contributed by atoms with van der Waals surface area (Å²) in [5.74, 6) is 0. The van der Waals surface area contributed by atoms with E-state index in [2.05, 4.69) is 20.4 Å². The molecule has 3 aromatic rings. The summed E-state index contributed by atoms with van der Waals surface area (Å²) < 4.78 is 1.71. The lowest BCUT2D eigenvalue weighted by molar-refractivity contribution is 0.200. The molecule has 0 fully saturated rings. The van der Waals surface area contributed by atoms with Crippen LogP contribution in [0.5, 0.6) is 0 Å². The lowest BCUT2D eigenvalue weighted by atomic mass is 10.1. The van der Waals surface area contributed by atoms with E-state index in [0.29, 0.717) is 13.1 Å². The minimum absolute atomic E-state index is 0.154. The van der Waals surface area contributed by atoms with Gasteiger partial charge in [-0.3, -0.25) is 4.68 Å². The number of benzene rings is 1. The predicted molar refractivity (Wildman–Crippen MR) is 91.3 cm³/mol. The fraction of sp³-hybridized carbons (Fsp3) is 0.250. The van der Waals surface area contributed by atoms with Gasteiger partial charge in [-0.25, -0.2) is 14.8 Å². The number of carbonyl (C=O) groups excluding carboxylic acids is 1. The third kappa shape index (κ3) is 4.17. The van der Waals surface area contributed by atoms with Gasteiger partial charge in [0.15, 0.2) is 0 Å². The molecule has 0 aliphatic rings. The van der Waals surface area contributed by atoms with Crippen LogP contribution in [-0.4, -0.2) is 37.7 Å². The zero-order chi connectivity index (χ0) is 16.8. The largest absolute Gasteiger partial charge is 0.329 e. The number of rotatable bonds is 6. The lowest BCUT2D eigenvalue weighted by Crippen LogP contribution is -2.40. The number of nitrogens with zero attached hydrogens (tertiary/aromatic N) is 5. The molecular formula is C16H18N6OS. The van der Waals surface area contributed by atoms with Gasteiger partial charge in [-0.15, -0.1) is 11.3 Å². The Kier molecular flexibility index (Phi) is 5.17. The van der Waals surface area contributed by atoms with Gasteiger partial charge < -0.3 is 10.2 Å². The van der Waals surface area contributed by atoms with Crippen LogP contribution in [0.2, 0.25) is 0 Å². The van der Waals surface area contributed by atoms with Crippen molar-refractivity contribution in [3.05, 3.63) is 65.1 Å². The van der Waals surface area contributed by atoms with E-state index in [4.69, 9.17) is 0 Å². The highest BCUT2D eigenvalue weighted by Gasteiger charge is 2.18. The van der Waals surface area contributed by atoms with Gasteiger partial charge in [-0.05, 0) is 5.56 Å². The fourth-order valence-corrected chi connectivity index (χ4v) is 2.97. The molecule has 2 aromatic heterocycles. The topological polar surface area (TPSA) is 75.9 Å². The van der Waals surface area contributed by atoms with Gasteiger partial charge in [-0.2, -0.15) is 5.10 Å². The molecule has 0 spiro atoms. The minimum Gasteiger partial charge on any atom is -0.329 e. The first-order chi connectivity index (χ1) is 11.7. The molecule has 0 saturated heterocycles. The Bertz CT molecular complexity index is 744. The summed E-state index contributed by atoms with van der Waals surface area (Å²) in [7, 11) is 1.76. The maximum absolute atomic E-state index is 12.5. The Morgan fingerprint density at radius 2 is 2.21 bits per heavy atom. The molecule has 1 aromatic carbocycles. The number of urea groups is 1. The van der Waals surface area contributed by atoms with Crippen LogP contribution in [0.25, 0.3) is 0 Å². The molecular weight excluding hydrogens is 324 g/mol. The summed E-state index contributed by atoms with van der Waals surface area (Å²) in [5, 5.41) is 9.99. The number of carbonyl (C=O) groups is 1. The predicted octanol–water partition coefficient (Wildman–Crippen LogP) is 2.32. The van der Waals surface area contributed by atoms with Crippen LogP contribution in [0.15, 0.2) is 54.6 Å². The molecule has 124 valence electrons. The number of aromatic nitrogens is 4. The van der Waals surface area contributed by atoms with Crippen LogP contribution in [-0.2, 0) is 13.1 Å².